The monoisotopic (exact) mass is 512 g/mol. The molecule has 0 bridgehead atoms. The van der Waals surface area contributed by atoms with Gasteiger partial charge < -0.3 is 19.6 Å². The summed E-state index contributed by atoms with van der Waals surface area (Å²) >= 11 is 0. The van der Waals surface area contributed by atoms with Crippen LogP contribution in [0, 0.1) is 10.8 Å². The Bertz CT molecular complexity index is 1220. The molecule has 0 radical (unpaired) electrons. The third kappa shape index (κ3) is 8.73. The lowest BCUT2D eigenvalue weighted by molar-refractivity contribution is 0.0734. The first kappa shape index (κ1) is 28.4. The van der Waals surface area contributed by atoms with E-state index in [9.17, 15) is 4.79 Å². The standard InChI is InChI=1S/C32H36N2O4/c1-3-9-24-10-12-25(13-11-24)30-19-18-29(22-27(30)23-33)38-32(35)26-14-16-28(17-15-26)36-20-7-5-6-8-21-37-31(34)4-2/h4,10-19,22-23,33-34H,2-3,5-9,20-21H2,1H3. The molecule has 6 heteroatoms. The first-order valence-corrected chi connectivity index (χ1v) is 13.1. The number of esters is 1. The van der Waals surface area contributed by atoms with Crippen LogP contribution in [0.2, 0.25) is 0 Å². The summed E-state index contributed by atoms with van der Waals surface area (Å²) in [4.78, 5) is 12.7. The van der Waals surface area contributed by atoms with Gasteiger partial charge in [0.25, 0.3) is 0 Å². The number of rotatable bonds is 15. The van der Waals surface area contributed by atoms with E-state index < -0.39 is 5.97 Å². The number of carbonyl (C=O) groups is 1. The summed E-state index contributed by atoms with van der Waals surface area (Å²) in [7, 11) is 0. The molecule has 0 heterocycles. The number of aryl methyl sites for hydroxylation is 1. The van der Waals surface area contributed by atoms with E-state index in [2.05, 4.69) is 37.8 Å². The van der Waals surface area contributed by atoms with Crippen LogP contribution in [0.5, 0.6) is 11.5 Å². The van der Waals surface area contributed by atoms with Crippen molar-refractivity contribution < 1.29 is 19.0 Å². The fourth-order valence-corrected chi connectivity index (χ4v) is 3.97. The summed E-state index contributed by atoms with van der Waals surface area (Å²) < 4.78 is 16.5. The van der Waals surface area contributed by atoms with Gasteiger partial charge in [-0.2, -0.15) is 0 Å². The largest absolute Gasteiger partial charge is 0.494 e. The molecular weight excluding hydrogens is 476 g/mol. The van der Waals surface area contributed by atoms with Gasteiger partial charge >= 0.3 is 5.97 Å². The second kappa shape index (κ2) is 15.2. The Morgan fingerprint density at radius 3 is 2.24 bits per heavy atom. The predicted octanol–water partition coefficient (Wildman–Crippen LogP) is 7.64. The van der Waals surface area contributed by atoms with E-state index in [1.54, 1.807) is 36.4 Å². The van der Waals surface area contributed by atoms with E-state index in [4.69, 9.17) is 25.0 Å². The number of unbranched alkanes of at least 4 members (excludes halogenated alkanes) is 3. The minimum Gasteiger partial charge on any atom is -0.494 e. The molecule has 0 amide bonds. The normalized spacial score (nSPS) is 10.4. The summed E-state index contributed by atoms with van der Waals surface area (Å²) in [5.74, 6) is 0.742. The van der Waals surface area contributed by atoms with Crippen LogP contribution in [0.15, 0.2) is 79.4 Å². The Labute approximate surface area is 225 Å². The molecule has 3 rings (SSSR count). The minimum atomic E-state index is -0.462. The molecular formula is C32H36N2O4. The van der Waals surface area contributed by atoms with Gasteiger partial charge in [-0.15, -0.1) is 0 Å². The van der Waals surface area contributed by atoms with Gasteiger partial charge in [0, 0.05) is 11.8 Å². The molecule has 0 saturated carbocycles. The number of benzene rings is 3. The van der Waals surface area contributed by atoms with Crippen molar-refractivity contribution in [2.24, 2.45) is 0 Å². The van der Waals surface area contributed by atoms with Crippen LogP contribution in [-0.2, 0) is 11.2 Å². The maximum absolute atomic E-state index is 12.7. The lowest BCUT2D eigenvalue weighted by atomic mass is 9.98. The van der Waals surface area contributed by atoms with Crippen molar-refractivity contribution in [3.63, 3.8) is 0 Å². The van der Waals surface area contributed by atoms with Crippen LogP contribution in [0.25, 0.3) is 11.1 Å². The average molecular weight is 513 g/mol. The van der Waals surface area contributed by atoms with Crippen LogP contribution >= 0.6 is 0 Å². The van der Waals surface area contributed by atoms with Crippen molar-refractivity contribution in [2.75, 3.05) is 13.2 Å². The Morgan fingerprint density at radius 2 is 1.58 bits per heavy atom. The molecule has 0 atom stereocenters. The molecule has 0 unspecified atom stereocenters. The van der Waals surface area contributed by atoms with Crippen LogP contribution in [0.4, 0.5) is 0 Å². The fourth-order valence-electron chi connectivity index (χ4n) is 3.97. The Kier molecular flexibility index (Phi) is 11.3. The Hall–Kier alpha value is -4.19. The second-order valence-electron chi connectivity index (χ2n) is 8.93. The topological polar surface area (TPSA) is 92.5 Å². The molecule has 198 valence electrons. The van der Waals surface area contributed by atoms with Gasteiger partial charge in [-0.05, 0) is 91.3 Å². The van der Waals surface area contributed by atoms with Crippen LogP contribution in [-0.4, -0.2) is 31.3 Å². The Morgan fingerprint density at radius 1 is 0.895 bits per heavy atom. The molecule has 0 aliphatic carbocycles. The van der Waals surface area contributed by atoms with Crippen molar-refractivity contribution in [3.8, 4) is 22.6 Å². The van der Waals surface area contributed by atoms with Crippen molar-refractivity contribution >= 4 is 18.1 Å². The van der Waals surface area contributed by atoms with E-state index in [1.165, 1.54) is 17.9 Å². The third-order valence-electron chi connectivity index (χ3n) is 6.03. The first-order chi connectivity index (χ1) is 18.5. The molecule has 3 aromatic carbocycles. The maximum Gasteiger partial charge on any atom is 0.343 e. The highest BCUT2D eigenvalue weighted by atomic mass is 16.5. The molecule has 2 N–H and O–H groups in total. The highest BCUT2D eigenvalue weighted by molar-refractivity contribution is 5.93. The van der Waals surface area contributed by atoms with Crippen molar-refractivity contribution in [1.29, 1.82) is 10.8 Å². The highest BCUT2D eigenvalue weighted by Crippen LogP contribution is 2.27. The lowest BCUT2D eigenvalue weighted by Gasteiger charge is -2.11. The summed E-state index contributed by atoms with van der Waals surface area (Å²) in [6, 6.07) is 20.6. The lowest BCUT2D eigenvalue weighted by Crippen LogP contribution is -2.09. The summed E-state index contributed by atoms with van der Waals surface area (Å²) in [6.45, 7) is 6.77. The molecule has 3 aromatic rings. The zero-order chi connectivity index (χ0) is 27.2. The maximum atomic E-state index is 12.7. The molecule has 0 spiro atoms. The van der Waals surface area contributed by atoms with Gasteiger partial charge in [0.15, 0.2) is 0 Å². The van der Waals surface area contributed by atoms with E-state index in [0.29, 0.717) is 35.8 Å². The van der Waals surface area contributed by atoms with Gasteiger partial charge in [0.2, 0.25) is 5.90 Å². The average Bonchev–Trinajstić information content (AvgIpc) is 2.95. The number of ether oxygens (including phenoxy) is 3. The molecule has 0 saturated heterocycles. The zero-order valence-corrected chi connectivity index (χ0v) is 22.0. The van der Waals surface area contributed by atoms with Gasteiger partial charge in [-0.1, -0.05) is 50.3 Å². The molecule has 38 heavy (non-hydrogen) atoms. The smallest absolute Gasteiger partial charge is 0.343 e. The molecule has 0 aliphatic heterocycles. The molecule has 0 fully saturated rings. The van der Waals surface area contributed by atoms with Gasteiger partial charge in [-0.25, -0.2) is 4.79 Å². The van der Waals surface area contributed by atoms with Gasteiger partial charge in [0.1, 0.15) is 11.5 Å². The molecule has 0 aromatic heterocycles. The SMILES string of the molecule is C=CC(=N)OCCCCCCOc1ccc(C(=O)Oc2ccc(-c3ccc(CCC)cc3)c(C=N)c2)cc1. The summed E-state index contributed by atoms with van der Waals surface area (Å²) in [5, 5.41) is 15.2. The third-order valence-corrected chi connectivity index (χ3v) is 6.03. The molecule has 0 aliphatic rings. The van der Waals surface area contributed by atoms with Crippen LogP contribution < -0.4 is 9.47 Å². The van der Waals surface area contributed by atoms with Crippen molar-refractivity contribution in [1.82, 2.24) is 0 Å². The zero-order valence-electron chi connectivity index (χ0n) is 22.0. The first-order valence-electron chi connectivity index (χ1n) is 13.1. The second-order valence-corrected chi connectivity index (χ2v) is 8.93. The van der Waals surface area contributed by atoms with Crippen molar-refractivity contribution in [2.45, 2.75) is 45.4 Å². The fraction of sp³-hybridized carbons (Fsp3) is 0.281. The van der Waals surface area contributed by atoms with Crippen LogP contribution in [0.1, 0.15) is 60.5 Å². The van der Waals surface area contributed by atoms with Crippen molar-refractivity contribution in [3.05, 3.63) is 96.1 Å². The summed E-state index contributed by atoms with van der Waals surface area (Å²) in [6.07, 6.45) is 8.63. The van der Waals surface area contributed by atoms with E-state index in [-0.39, 0.29) is 5.90 Å². The van der Waals surface area contributed by atoms with E-state index >= 15 is 0 Å². The van der Waals surface area contributed by atoms with Crippen LogP contribution in [0.3, 0.4) is 0 Å². The predicted molar refractivity (Wildman–Crippen MR) is 153 cm³/mol. The van der Waals surface area contributed by atoms with E-state index in [1.807, 2.05) is 6.07 Å². The summed E-state index contributed by atoms with van der Waals surface area (Å²) in [5.41, 5.74) is 4.35. The number of hydrogen-bond acceptors (Lipinski definition) is 6. The van der Waals surface area contributed by atoms with Gasteiger partial charge in [-0.3, -0.25) is 5.41 Å². The quantitative estimate of drug-likeness (QED) is 0.0719. The number of hydrogen-bond donors (Lipinski definition) is 2. The molecule has 6 nitrogen and oxygen atoms in total. The van der Waals surface area contributed by atoms with Gasteiger partial charge in [0.05, 0.1) is 18.8 Å². The number of carbonyl (C=O) groups excluding carboxylic acids is 1. The Balaban J connectivity index is 1.47. The minimum absolute atomic E-state index is 0.110. The highest BCUT2D eigenvalue weighted by Gasteiger charge is 2.12. The van der Waals surface area contributed by atoms with E-state index in [0.717, 1.165) is 49.7 Å². The number of nitrogens with one attached hydrogen (secondary N) is 2.